The van der Waals surface area contributed by atoms with Crippen molar-refractivity contribution < 1.29 is 8.95 Å². The van der Waals surface area contributed by atoms with Gasteiger partial charge in [0.25, 0.3) is 0 Å². The second kappa shape index (κ2) is 7.97. The minimum Gasteiger partial charge on any atom is -0.377 e. The molecule has 2 unspecified atom stereocenters. The van der Waals surface area contributed by atoms with Gasteiger partial charge in [0, 0.05) is 28.3 Å². The lowest BCUT2D eigenvalue weighted by molar-refractivity contribution is 0.0672. The Bertz CT molecular complexity index is 373. The molecular formula is C12H18BrNO2S. The van der Waals surface area contributed by atoms with Gasteiger partial charge in [-0.25, -0.2) is 0 Å². The number of halogens is 1. The Morgan fingerprint density at radius 1 is 1.53 bits per heavy atom. The van der Waals surface area contributed by atoms with Crippen LogP contribution in [0.2, 0.25) is 0 Å². The Hall–Kier alpha value is -0.230. The fourth-order valence-corrected chi connectivity index (χ4v) is 3.22. The number of hydrogen-bond acceptors (Lipinski definition) is 3. The van der Waals surface area contributed by atoms with Crippen molar-refractivity contribution >= 4 is 26.7 Å². The summed E-state index contributed by atoms with van der Waals surface area (Å²) in [6, 6.07) is 7.57. The predicted molar refractivity (Wildman–Crippen MR) is 74.5 cm³/mol. The van der Waals surface area contributed by atoms with E-state index >= 15 is 0 Å². The Kier molecular flexibility index (Phi) is 6.96. The van der Waals surface area contributed by atoms with Gasteiger partial charge in [0.1, 0.15) is 0 Å². The Morgan fingerprint density at radius 3 is 2.88 bits per heavy atom. The van der Waals surface area contributed by atoms with Gasteiger partial charge in [-0.2, -0.15) is 0 Å². The molecule has 0 aromatic heterocycles. The highest BCUT2D eigenvalue weighted by Gasteiger charge is 2.10. The number of nitrogens with two attached hydrogens (primary N) is 1. The Labute approximate surface area is 113 Å². The monoisotopic (exact) mass is 319 g/mol. The average Bonchev–Trinajstić information content (AvgIpc) is 2.34. The molecule has 0 aliphatic heterocycles. The Morgan fingerprint density at radius 2 is 2.29 bits per heavy atom. The maximum atomic E-state index is 12.0. The smallest absolute Gasteiger partial charge is 0.0706 e. The lowest BCUT2D eigenvalue weighted by Crippen LogP contribution is -2.25. The highest BCUT2D eigenvalue weighted by molar-refractivity contribution is 9.10. The molecule has 0 spiro atoms. The van der Waals surface area contributed by atoms with Crippen molar-refractivity contribution in [3.8, 4) is 0 Å². The molecule has 3 nitrogen and oxygen atoms in total. The minimum absolute atomic E-state index is 0.0103. The van der Waals surface area contributed by atoms with Crippen LogP contribution in [0.4, 0.5) is 0 Å². The van der Waals surface area contributed by atoms with Crippen molar-refractivity contribution in [2.45, 2.75) is 24.3 Å². The van der Waals surface area contributed by atoms with Crippen LogP contribution >= 0.6 is 15.9 Å². The molecule has 0 heterocycles. The van der Waals surface area contributed by atoms with Gasteiger partial charge in [-0.3, -0.25) is 4.21 Å². The number of benzene rings is 1. The highest BCUT2D eigenvalue weighted by atomic mass is 79.9. The molecule has 96 valence electrons. The van der Waals surface area contributed by atoms with Gasteiger partial charge in [0.15, 0.2) is 0 Å². The predicted octanol–water partition coefficient (Wildman–Crippen LogP) is 2.31. The molecule has 0 fully saturated rings. The second-order valence-electron chi connectivity index (χ2n) is 3.61. The van der Waals surface area contributed by atoms with E-state index in [4.69, 9.17) is 10.5 Å². The molecule has 0 bridgehead atoms. The van der Waals surface area contributed by atoms with Crippen LogP contribution in [0.15, 0.2) is 33.6 Å². The zero-order chi connectivity index (χ0) is 12.7. The van der Waals surface area contributed by atoms with E-state index in [1.165, 1.54) is 0 Å². The van der Waals surface area contributed by atoms with Crippen molar-refractivity contribution in [1.82, 2.24) is 0 Å². The normalized spacial score (nSPS) is 14.5. The van der Waals surface area contributed by atoms with Gasteiger partial charge in [-0.05, 0) is 31.5 Å². The third-order valence-corrected chi connectivity index (χ3v) is 4.23. The van der Waals surface area contributed by atoms with E-state index < -0.39 is 10.8 Å². The first-order chi connectivity index (χ1) is 8.17. The van der Waals surface area contributed by atoms with Gasteiger partial charge in [-0.1, -0.05) is 22.0 Å². The standard InChI is InChI=1S/C12H18BrNO2S/c1-2-16-11(9-14)6-7-17(15)12-5-3-4-10(13)8-12/h3-5,8,11H,2,6-7,9,14H2,1H3. The van der Waals surface area contributed by atoms with E-state index in [-0.39, 0.29) is 6.10 Å². The lowest BCUT2D eigenvalue weighted by Gasteiger charge is -2.14. The fraction of sp³-hybridized carbons (Fsp3) is 0.500. The third-order valence-electron chi connectivity index (χ3n) is 2.35. The SMILES string of the molecule is CCOC(CN)CCS(=O)c1cccc(Br)c1. The maximum absolute atomic E-state index is 12.0. The van der Waals surface area contributed by atoms with Crippen LogP contribution in [-0.4, -0.2) is 29.2 Å². The summed E-state index contributed by atoms with van der Waals surface area (Å²) >= 11 is 3.37. The van der Waals surface area contributed by atoms with Gasteiger partial charge in [0.2, 0.25) is 0 Å². The van der Waals surface area contributed by atoms with Gasteiger partial charge >= 0.3 is 0 Å². The van der Waals surface area contributed by atoms with Crippen LogP contribution in [-0.2, 0) is 15.5 Å². The van der Waals surface area contributed by atoms with Crippen molar-refractivity contribution in [2.24, 2.45) is 5.73 Å². The summed E-state index contributed by atoms with van der Waals surface area (Å²) in [5.74, 6) is 0.582. The summed E-state index contributed by atoms with van der Waals surface area (Å²) < 4.78 is 18.4. The zero-order valence-corrected chi connectivity index (χ0v) is 12.3. The van der Waals surface area contributed by atoms with Gasteiger partial charge < -0.3 is 10.5 Å². The summed E-state index contributed by atoms with van der Waals surface area (Å²) in [6.07, 6.45) is 0.736. The first-order valence-electron chi connectivity index (χ1n) is 5.63. The molecule has 2 atom stereocenters. The van der Waals surface area contributed by atoms with Gasteiger partial charge in [0.05, 0.1) is 16.9 Å². The third kappa shape index (κ3) is 5.29. The maximum Gasteiger partial charge on any atom is 0.0706 e. The van der Waals surface area contributed by atoms with Crippen LogP contribution < -0.4 is 5.73 Å². The molecule has 2 N–H and O–H groups in total. The van der Waals surface area contributed by atoms with Crippen molar-refractivity contribution in [1.29, 1.82) is 0 Å². The molecule has 0 saturated heterocycles. The number of hydrogen-bond donors (Lipinski definition) is 1. The molecule has 1 aromatic carbocycles. The van der Waals surface area contributed by atoms with E-state index in [0.29, 0.717) is 18.9 Å². The van der Waals surface area contributed by atoms with E-state index in [1.54, 1.807) is 0 Å². The molecule has 0 amide bonds. The van der Waals surface area contributed by atoms with Crippen LogP contribution in [0, 0.1) is 0 Å². The van der Waals surface area contributed by atoms with E-state index in [1.807, 2.05) is 31.2 Å². The number of rotatable bonds is 7. The lowest BCUT2D eigenvalue weighted by atomic mass is 10.3. The van der Waals surface area contributed by atoms with Crippen LogP contribution in [0.5, 0.6) is 0 Å². The average molecular weight is 320 g/mol. The van der Waals surface area contributed by atoms with Crippen LogP contribution in [0.3, 0.4) is 0 Å². The van der Waals surface area contributed by atoms with Crippen molar-refractivity contribution in [3.05, 3.63) is 28.7 Å². The molecule has 0 aliphatic rings. The van der Waals surface area contributed by atoms with Crippen molar-refractivity contribution in [3.63, 3.8) is 0 Å². The van der Waals surface area contributed by atoms with E-state index in [9.17, 15) is 4.21 Å². The molecule has 5 heteroatoms. The number of ether oxygens (including phenoxy) is 1. The minimum atomic E-state index is -0.985. The molecule has 1 aromatic rings. The quantitative estimate of drug-likeness (QED) is 0.839. The molecule has 0 radical (unpaired) electrons. The first kappa shape index (κ1) is 14.8. The largest absolute Gasteiger partial charge is 0.377 e. The summed E-state index contributed by atoms with van der Waals surface area (Å²) in [7, 11) is -0.985. The zero-order valence-electron chi connectivity index (χ0n) is 9.90. The fourth-order valence-electron chi connectivity index (χ4n) is 1.47. The summed E-state index contributed by atoms with van der Waals surface area (Å²) in [6.45, 7) is 3.06. The summed E-state index contributed by atoms with van der Waals surface area (Å²) in [5.41, 5.74) is 5.58. The highest BCUT2D eigenvalue weighted by Crippen LogP contribution is 2.15. The van der Waals surface area contributed by atoms with E-state index in [0.717, 1.165) is 15.8 Å². The summed E-state index contributed by atoms with van der Waals surface area (Å²) in [5, 5.41) is 0. The topological polar surface area (TPSA) is 52.3 Å². The van der Waals surface area contributed by atoms with Crippen LogP contribution in [0.25, 0.3) is 0 Å². The summed E-state index contributed by atoms with van der Waals surface area (Å²) in [4.78, 5) is 0.839. The molecule has 1 rings (SSSR count). The molecule has 0 saturated carbocycles. The first-order valence-corrected chi connectivity index (χ1v) is 7.74. The van der Waals surface area contributed by atoms with E-state index in [2.05, 4.69) is 15.9 Å². The van der Waals surface area contributed by atoms with Crippen molar-refractivity contribution in [2.75, 3.05) is 18.9 Å². The Balaban J connectivity index is 2.49. The molecule has 17 heavy (non-hydrogen) atoms. The second-order valence-corrected chi connectivity index (χ2v) is 6.10. The van der Waals surface area contributed by atoms with Gasteiger partial charge in [-0.15, -0.1) is 0 Å². The van der Waals surface area contributed by atoms with Crippen LogP contribution in [0.1, 0.15) is 13.3 Å². The molecule has 0 aliphatic carbocycles. The molecular weight excluding hydrogens is 302 g/mol.